The van der Waals surface area contributed by atoms with E-state index in [1.165, 1.54) is 11.3 Å². The zero-order chi connectivity index (χ0) is 13.0. The lowest BCUT2D eigenvalue weighted by molar-refractivity contribution is -0.115. The van der Waals surface area contributed by atoms with Crippen molar-refractivity contribution in [2.45, 2.75) is 11.3 Å². The van der Waals surface area contributed by atoms with Gasteiger partial charge in [-0.2, -0.15) is 0 Å². The lowest BCUT2D eigenvalue weighted by atomic mass is 10.3. The second-order valence-electron chi connectivity index (χ2n) is 3.66. The zero-order valence-electron chi connectivity index (χ0n) is 9.36. The van der Waals surface area contributed by atoms with Gasteiger partial charge in [-0.25, -0.2) is 0 Å². The number of Topliss-reactive ketones (excluding diaryl/α,β-unsaturated/α-hetero) is 1. The number of hydrogen-bond acceptors (Lipinski definition) is 3. The summed E-state index contributed by atoms with van der Waals surface area (Å²) in [6.07, 6.45) is 0.473. The number of thioether (sulfide) groups is 1. The Hall–Kier alpha value is -0.290. The van der Waals surface area contributed by atoms with Gasteiger partial charge in [-0.1, -0.05) is 27.5 Å². The SMILES string of the molecule is O=C(CSc1ccc(Br)cc1)Cc1ccc(Cl)s1. The van der Waals surface area contributed by atoms with E-state index in [2.05, 4.69) is 15.9 Å². The highest BCUT2D eigenvalue weighted by Gasteiger charge is 2.07. The first kappa shape index (κ1) is 14.1. The third-order valence-electron chi connectivity index (χ3n) is 2.21. The fourth-order valence-electron chi connectivity index (χ4n) is 1.39. The quantitative estimate of drug-likeness (QED) is 0.692. The molecule has 0 saturated carbocycles. The molecule has 5 heteroatoms. The molecule has 2 rings (SSSR count). The normalized spacial score (nSPS) is 10.6. The van der Waals surface area contributed by atoms with Crippen LogP contribution < -0.4 is 0 Å². The zero-order valence-corrected chi connectivity index (χ0v) is 13.3. The Bertz CT molecular complexity index is 536. The molecule has 0 saturated heterocycles. The third-order valence-corrected chi connectivity index (χ3v) is 5.05. The van der Waals surface area contributed by atoms with Crippen LogP contribution in [0.1, 0.15) is 4.88 Å². The summed E-state index contributed by atoms with van der Waals surface area (Å²) in [7, 11) is 0. The predicted octanol–water partition coefficient (Wildman–Crippen LogP) is 5.07. The molecule has 2 aromatic rings. The van der Waals surface area contributed by atoms with E-state index in [4.69, 9.17) is 11.6 Å². The van der Waals surface area contributed by atoms with Crippen molar-refractivity contribution in [1.29, 1.82) is 0 Å². The van der Waals surface area contributed by atoms with E-state index in [1.807, 2.05) is 36.4 Å². The van der Waals surface area contributed by atoms with Gasteiger partial charge < -0.3 is 0 Å². The average Bonchev–Trinajstić information content (AvgIpc) is 2.74. The van der Waals surface area contributed by atoms with Gasteiger partial charge >= 0.3 is 0 Å². The summed E-state index contributed by atoms with van der Waals surface area (Å²) in [5.41, 5.74) is 0. The number of carbonyl (C=O) groups excluding carboxylic acids is 1. The van der Waals surface area contributed by atoms with E-state index in [0.717, 1.165) is 18.6 Å². The molecule has 0 unspecified atom stereocenters. The van der Waals surface area contributed by atoms with Crippen molar-refractivity contribution in [3.8, 4) is 0 Å². The van der Waals surface area contributed by atoms with Gasteiger partial charge in [0, 0.05) is 20.7 Å². The molecule has 0 atom stereocenters. The number of rotatable bonds is 5. The smallest absolute Gasteiger partial charge is 0.148 e. The van der Waals surface area contributed by atoms with E-state index in [-0.39, 0.29) is 5.78 Å². The van der Waals surface area contributed by atoms with E-state index in [0.29, 0.717) is 12.2 Å². The summed E-state index contributed by atoms with van der Waals surface area (Å²) in [6, 6.07) is 11.7. The highest BCUT2D eigenvalue weighted by molar-refractivity contribution is 9.10. The first-order valence-electron chi connectivity index (χ1n) is 5.28. The molecule has 0 aliphatic heterocycles. The molecule has 0 radical (unpaired) electrons. The highest BCUT2D eigenvalue weighted by Crippen LogP contribution is 2.24. The van der Waals surface area contributed by atoms with Crippen LogP contribution in [0, 0.1) is 0 Å². The predicted molar refractivity (Wildman–Crippen MR) is 82.9 cm³/mol. The van der Waals surface area contributed by atoms with Crippen LogP contribution in [0.15, 0.2) is 45.8 Å². The van der Waals surface area contributed by atoms with Gasteiger partial charge in [0.25, 0.3) is 0 Å². The first-order valence-corrected chi connectivity index (χ1v) is 8.25. The Labute approximate surface area is 128 Å². The molecule has 1 nitrogen and oxygen atoms in total. The number of hydrogen-bond donors (Lipinski definition) is 0. The highest BCUT2D eigenvalue weighted by atomic mass is 79.9. The number of ketones is 1. The van der Waals surface area contributed by atoms with Crippen LogP contribution in [-0.4, -0.2) is 11.5 Å². The van der Waals surface area contributed by atoms with Crippen molar-refractivity contribution >= 4 is 56.4 Å². The number of carbonyl (C=O) groups is 1. The molecular weight excluding hydrogens is 352 g/mol. The molecule has 1 aromatic carbocycles. The van der Waals surface area contributed by atoms with E-state index < -0.39 is 0 Å². The van der Waals surface area contributed by atoms with Crippen molar-refractivity contribution in [2.75, 3.05) is 5.75 Å². The van der Waals surface area contributed by atoms with Gasteiger partial charge in [-0.15, -0.1) is 23.1 Å². The molecule has 0 bridgehead atoms. The van der Waals surface area contributed by atoms with Crippen molar-refractivity contribution < 1.29 is 4.79 Å². The lowest BCUT2D eigenvalue weighted by Gasteiger charge is -2.00. The Morgan fingerprint density at radius 3 is 2.56 bits per heavy atom. The maximum absolute atomic E-state index is 11.8. The van der Waals surface area contributed by atoms with Gasteiger partial charge in [-0.3, -0.25) is 4.79 Å². The second kappa shape index (κ2) is 6.75. The molecule has 0 aliphatic carbocycles. The summed E-state index contributed by atoms with van der Waals surface area (Å²) in [6.45, 7) is 0. The summed E-state index contributed by atoms with van der Waals surface area (Å²) in [5.74, 6) is 0.721. The standard InChI is InChI=1S/C13H10BrClOS2/c14-9-1-3-11(4-2-9)17-8-10(16)7-12-5-6-13(15)18-12/h1-6H,7-8H2. The van der Waals surface area contributed by atoms with Crippen LogP contribution in [0.5, 0.6) is 0 Å². The fourth-order valence-corrected chi connectivity index (χ4v) is 3.53. The van der Waals surface area contributed by atoms with E-state index >= 15 is 0 Å². The topological polar surface area (TPSA) is 17.1 Å². The monoisotopic (exact) mass is 360 g/mol. The van der Waals surface area contributed by atoms with Crippen LogP contribution >= 0.6 is 50.6 Å². The Kier molecular flexibility index (Phi) is 5.30. The molecule has 0 spiro atoms. The molecule has 1 aromatic heterocycles. The Morgan fingerprint density at radius 1 is 1.22 bits per heavy atom. The van der Waals surface area contributed by atoms with Gasteiger partial charge in [0.2, 0.25) is 0 Å². The van der Waals surface area contributed by atoms with Crippen LogP contribution in [0.4, 0.5) is 0 Å². The van der Waals surface area contributed by atoms with Crippen LogP contribution in [0.3, 0.4) is 0 Å². The van der Waals surface area contributed by atoms with Crippen molar-refractivity contribution in [3.05, 3.63) is 50.1 Å². The van der Waals surface area contributed by atoms with Crippen molar-refractivity contribution in [2.24, 2.45) is 0 Å². The van der Waals surface area contributed by atoms with Gasteiger partial charge in [-0.05, 0) is 36.4 Å². The first-order chi connectivity index (χ1) is 8.63. The van der Waals surface area contributed by atoms with Gasteiger partial charge in [0.1, 0.15) is 5.78 Å². The number of thiophene rings is 1. The van der Waals surface area contributed by atoms with E-state index in [9.17, 15) is 4.79 Å². The maximum Gasteiger partial charge on any atom is 0.148 e. The minimum absolute atomic E-state index is 0.224. The number of halogens is 2. The Morgan fingerprint density at radius 2 is 1.94 bits per heavy atom. The molecule has 1 heterocycles. The van der Waals surface area contributed by atoms with E-state index in [1.54, 1.807) is 11.8 Å². The fraction of sp³-hybridized carbons (Fsp3) is 0.154. The maximum atomic E-state index is 11.8. The molecule has 0 aliphatic rings. The molecule has 0 N–H and O–H groups in total. The molecule has 18 heavy (non-hydrogen) atoms. The summed E-state index contributed by atoms with van der Waals surface area (Å²) in [5, 5.41) is 0. The molecule has 94 valence electrons. The van der Waals surface area contributed by atoms with Crippen LogP contribution in [0.2, 0.25) is 4.34 Å². The molecule has 0 amide bonds. The molecule has 0 fully saturated rings. The van der Waals surface area contributed by atoms with Gasteiger partial charge in [0.05, 0.1) is 10.1 Å². The molecular formula is C13H10BrClOS2. The minimum atomic E-state index is 0.224. The van der Waals surface area contributed by atoms with Crippen LogP contribution in [0.25, 0.3) is 0 Å². The summed E-state index contributed by atoms with van der Waals surface area (Å²) in [4.78, 5) is 13.9. The number of benzene rings is 1. The summed E-state index contributed by atoms with van der Waals surface area (Å²) >= 11 is 12.2. The minimum Gasteiger partial charge on any atom is -0.298 e. The second-order valence-corrected chi connectivity index (χ2v) is 7.43. The average molecular weight is 362 g/mol. The van der Waals surface area contributed by atoms with Crippen molar-refractivity contribution in [3.63, 3.8) is 0 Å². The Balaban J connectivity index is 1.83. The van der Waals surface area contributed by atoms with Gasteiger partial charge in [0.15, 0.2) is 0 Å². The summed E-state index contributed by atoms with van der Waals surface area (Å²) < 4.78 is 1.78. The largest absolute Gasteiger partial charge is 0.298 e. The lowest BCUT2D eigenvalue weighted by Crippen LogP contribution is -2.04. The third kappa shape index (κ3) is 4.43. The van der Waals surface area contributed by atoms with Crippen LogP contribution in [-0.2, 0) is 11.2 Å². The van der Waals surface area contributed by atoms with Crippen molar-refractivity contribution in [1.82, 2.24) is 0 Å².